The maximum atomic E-state index is 12.2. The minimum Gasteiger partial charge on any atom is -0.338 e. The summed E-state index contributed by atoms with van der Waals surface area (Å²) < 4.78 is 32.2. The molecule has 0 aliphatic carbocycles. The summed E-state index contributed by atoms with van der Waals surface area (Å²) in [6.45, 7) is 3.77. The Balaban J connectivity index is 1.74. The number of hydrogen-bond acceptors (Lipinski definition) is 6. The average molecular weight is 349 g/mol. The van der Waals surface area contributed by atoms with E-state index in [2.05, 4.69) is 14.9 Å². The van der Waals surface area contributed by atoms with Gasteiger partial charge in [-0.25, -0.2) is 13.1 Å². The number of aryl methyl sites for hydroxylation is 2. The van der Waals surface area contributed by atoms with Gasteiger partial charge in [-0.1, -0.05) is 29.4 Å². The second kappa shape index (κ2) is 6.23. The summed E-state index contributed by atoms with van der Waals surface area (Å²) in [4.78, 5) is 5.18. The molecule has 0 unspecified atom stereocenters. The maximum absolute atomic E-state index is 12.2. The van der Waals surface area contributed by atoms with E-state index in [1.54, 1.807) is 12.1 Å². The SMILES string of the molecule is Cc1ccc(S(=O)(=O)NCc2nc(-c3ccccc3C)no2)s1. The van der Waals surface area contributed by atoms with Gasteiger partial charge >= 0.3 is 0 Å². The Morgan fingerprint density at radius 3 is 2.65 bits per heavy atom. The molecular formula is C15H15N3O3S2. The number of thiophene rings is 1. The van der Waals surface area contributed by atoms with E-state index >= 15 is 0 Å². The molecule has 0 spiro atoms. The van der Waals surface area contributed by atoms with Crippen LogP contribution < -0.4 is 4.72 Å². The second-order valence-electron chi connectivity index (χ2n) is 5.02. The molecule has 0 aliphatic rings. The highest BCUT2D eigenvalue weighted by atomic mass is 32.2. The van der Waals surface area contributed by atoms with Crippen LogP contribution in [0.5, 0.6) is 0 Å². The second-order valence-corrected chi connectivity index (χ2v) is 8.30. The molecule has 2 aromatic heterocycles. The van der Waals surface area contributed by atoms with Crippen molar-refractivity contribution in [2.75, 3.05) is 0 Å². The lowest BCUT2D eigenvalue weighted by Gasteiger charge is -2.01. The van der Waals surface area contributed by atoms with E-state index in [1.165, 1.54) is 11.3 Å². The highest BCUT2D eigenvalue weighted by molar-refractivity contribution is 7.91. The van der Waals surface area contributed by atoms with E-state index in [0.29, 0.717) is 5.82 Å². The monoisotopic (exact) mass is 349 g/mol. The van der Waals surface area contributed by atoms with Crippen molar-refractivity contribution in [2.24, 2.45) is 0 Å². The standard InChI is InChI=1S/C15H15N3O3S2/c1-10-5-3-4-6-12(10)15-17-13(21-18-15)9-16-23(19,20)14-8-7-11(2)22-14/h3-8,16H,9H2,1-2H3. The zero-order chi connectivity index (χ0) is 16.4. The first kappa shape index (κ1) is 15.9. The lowest BCUT2D eigenvalue weighted by atomic mass is 10.1. The van der Waals surface area contributed by atoms with Crippen molar-refractivity contribution in [1.82, 2.24) is 14.9 Å². The van der Waals surface area contributed by atoms with E-state index in [1.807, 2.05) is 38.1 Å². The van der Waals surface area contributed by atoms with Gasteiger partial charge in [-0.2, -0.15) is 4.98 Å². The number of rotatable bonds is 5. The molecule has 8 heteroatoms. The van der Waals surface area contributed by atoms with Gasteiger partial charge in [-0.05, 0) is 31.5 Å². The lowest BCUT2D eigenvalue weighted by molar-refractivity contribution is 0.376. The topological polar surface area (TPSA) is 85.1 Å². The molecule has 0 bridgehead atoms. The summed E-state index contributed by atoms with van der Waals surface area (Å²) >= 11 is 1.22. The normalized spacial score (nSPS) is 11.7. The Morgan fingerprint density at radius 2 is 1.96 bits per heavy atom. The van der Waals surface area contributed by atoms with Crippen molar-refractivity contribution in [1.29, 1.82) is 0 Å². The molecule has 0 saturated heterocycles. The van der Waals surface area contributed by atoms with Crippen LogP contribution in [0.3, 0.4) is 0 Å². The van der Waals surface area contributed by atoms with E-state index < -0.39 is 10.0 Å². The molecule has 1 aromatic carbocycles. The van der Waals surface area contributed by atoms with Crippen LogP contribution in [0.1, 0.15) is 16.3 Å². The molecule has 0 amide bonds. The van der Waals surface area contributed by atoms with Crippen LogP contribution in [0.2, 0.25) is 0 Å². The minimum absolute atomic E-state index is 0.0435. The van der Waals surface area contributed by atoms with E-state index in [-0.39, 0.29) is 16.6 Å². The quantitative estimate of drug-likeness (QED) is 0.765. The van der Waals surface area contributed by atoms with Crippen LogP contribution in [0.4, 0.5) is 0 Å². The summed E-state index contributed by atoms with van der Waals surface area (Å²) in [6, 6.07) is 11.0. The van der Waals surface area contributed by atoms with Crippen LogP contribution in [0, 0.1) is 13.8 Å². The molecule has 0 radical (unpaired) electrons. The number of nitrogens with one attached hydrogen (secondary N) is 1. The largest absolute Gasteiger partial charge is 0.338 e. The van der Waals surface area contributed by atoms with Gasteiger partial charge < -0.3 is 4.52 Å². The number of sulfonamides is 1. The smallest absolute Gasteiger partial charge is 0.250 e. The molecule has 2 heterocycles. The highest BCUT2D eigenvalue weighted by Crippen LogP contribution is 2.22. The molecule has 0 saturated carbocycles. The summed E-state index contributed by atoms with van der Waals surface area (Å²) in [5, 5.41) is 3.91. The Kier molecular flexibility index (Phi) is 4.29. The third-order valence-electron chi connectivity index (χ3n) is 3.25. The summed E-state index contributed by atoms with van der Waals surface area (Å²) in [5.74, 6) is 0.671. The van der Waals surface area contributed by atoms with Crippen LogP contribution >= 0.6 is 11.3 Å². The predicted molar refractivity (Wildman–Crippen MR) is 87.6 cm³/mol. The predicted octanol–water partition coefficient (Wildman–Crippen LogP) is 2.89. The van der Waals surface area contributed by atoms with Gasteiger partial charge in [0.25, 0.3) is 10.0 Å². The fourth-order valence-electron chi connectivity index (χ4n) is 2.04. The summed E-state index contributed by atoms with van der Waals surface area (Å²) in [5.41, 5.74) is 1.88. The average Bonchev–Trinajstić information content (AvgIpc) is 3.15. The van der Waals surface area contributed by atoms with Gasteiger partial charge in [-0.3, -0.25) is 0 Å². The molecule has 23 heavy (non-hydrogen) atoms. The first-order valence-corrected chi connectivity index (χ1v) is 9.20. The van der Waals surface area contributed by atoms with Gasteiger partial charge in [0.2, 0.25) is 11.7 Å². The molecule has 3 aromatic rings. The number of nitrogens with zero attached hydrogens (tertiary/aromatic N) is 2. The fourth-order valence-corrected chi connectivity index (χ4v) is 4.35. The van der Waals surface area contributed by atoms with Crippen LogP contribution in [-0.4, -0.2) is 18.6 Å². The third kappa shape index (κ3) is 3.49. The number of hydrogen-bond donors (Lipinski definition) is 1. The lowest BCUT2D eigenvalue weighted by Crippen LogP contribution is -2.22. The molecule has 0 atom stereocenters. The molecule has 0 fully saturated rings. The fraction of sp³-hybridized carbons (Fsp3) is 0.200. The zero-order valence-electron chi connectivity index (χ0n) is 12.6. The molecule has 1 N–H and O–H groups in total. The van der Waals surface area contributed by atoms with Crippen molar-refractivity contribution < 1.29 is 12.9 Å². The summed E-state index contributed by atoms with van der Waals surface area (Å²) in [6.07, 6.45) is 0. The minimum atomic E-state index is -3.56. The molecular weight excluding hydrogens is 334 g/mol. The zero-order valence-corrected chi connectivity index (χ0v) is 14.2. The van der Waals surface area contributed by atoms with Gasteiger partial charge in [0.1, 0.15) is 4.21 Å². The molecule has 6 nitrogen and oxygen atoms in total. The molecule has 120 valence electrons. The maximum Gasteiger partial charge on any atom is 0.250 e. The highest BCUT2D eigenvalue weighted by Gasteiger charge is 2.18. The van der Waals surface area contributed by atoms with Crippen LogP contribution in [0.15, 0.2) is 45.1 Å². The van der Waals surface area contributed by atoms with Crippen molar-refractivity contribution in [3.63, 3.8) is 0 Å². The van der Waals surface area contributed by atoms with Crippen molar-refractivity contribution in [2.45, 2.75) is 24.6 Å². The molecule has 3 rings (SSSR count). The molecule has 0 aliphatic heterocycles. The van der Waals surface area contributed by atoms with Gasteiger partial charge in [0.15, 0.2) is 0 Å². The van der Waals surface area contributed by atoms with Crippen LogP contribution in [0.25, 0.3) is 11.4 Å². The van der Waals surface area contributed by atoms with E-state index in [0.717, 1.165) is 16.0 Å². The van der Waals surface area contributed by atoms with E-state index in [9.17, 15) is 8.42 Å². The van der Waals surface area contributed by atoms with Gasteiger partial charge in [0, 0.05) is 10.4 Å². The first-order chi connectivity index (χ1) is 11.0. The summed E-state index contributed by atoms with van der Waals surface area (Å²) in [7, 11) is -3.56. The van der Waals surface area contributed by atoms with Gasteiger partial charge in [0.05, 0.1) is 6.54 Å². The van der Waals surface area contributed by atoms with Crippen molar-refractivity contribution in [3.05, 3.63) is 52.7 Å². The van der Waals surface area contributed by atoms with E-state index in [4.69, 9.17) is 4.52 Å². The van der Waals surface area contributed by atoms with Crippen LogP contribution in [-0.2, 0) is 16.6 Å². The number of aromatic nitrogens is 2. The van der Waals surface area contributed by atoms with Crippen molar-refractivity contribution >= 4 is 21.4 Å². The Hall–Kier alpha value is -2.03. The Bertz CT molecular complexity index is 929. The van der Waals surface area contributed by atoms with Gasteiger partial charge in [-0.15, -0.1) is 11.3 Å². The Morgan fingerprint density at radius 1 is 1.17 bits per heavy atom. The third-order valence-corrected chi connectivity index (χ3v) is 6.14. The van der Waals surface area contributed by atoms with Crippen molar-refractivity contribution in [3.8, 4) is 11.4 Å². The number of benzene rings is 1. The first-order valence-electron chi connectivity index (χ1n) is 6.90. The Labute approximate surface area is 138 Å².